The van der Waals surface area contributed by atoms with Gasteiger partial charge in [-0.15, -0.1) is 0 Å². The van der Waals surface area contributed by atoms with Crippen LogP contribution < -0.4 is 15.5 Å². The summed E-state index contributed by atoms with van der Waals surface area (Å²) in [5.41, 5.74) is 5.59. The molecule has 0 saturated heterocycles. The second-order valence-corrected chi connectivity index (χ2v) is 4.25. The molecule has 0 aliphatic heterocycles. The van der Waals surface area contributed by atoms with Crippen LogP contribution in [0.5, 0.6) is 0 Å². The summed E-state index contributed by atoms with van der Waals surface area (Å²) in [5, 5.41) is 0. The van der Waals surface area contributed by atoms with E-state index in [1.165, 1.54) is 11.9 Å². The van der Waals surface area contributed by atoms with E-state index in [0.717, 1.165) is 0 Å². The van der Waals surface area contributed by atoms with Crippen LogP contribution in [-0.4, -0.2) is 47.8 Å². The first kappa shape index (κ1) is 16.3. The van der Waals surface area contributed by atoms with Gasteiger partial charge >= 0.3 is 6.18 Å². The van der Waals surface area contributed by atoms with Crippen molar-refractivity contribution in [3.8, 4) is 0 Å². The summed E-state index contributed by atoms with van der Waals surface area (Å²) >= 11 is 0. The number of anilines is 3. The molecular weight excluding hydrogens is 273 g/mol. The summed E-state index contributed by atoms with van der Waals surface area (Å²) in [6.45, 7) is 4.97. The zero-order valence-electron chi connectivity index (χ0n) is 11.8. The largest absolute Gasteiger partial charge is 0.390 e. The van der Waals surface area contributed by atoms with Gasteiger partial charge in [0.1, 0.15) is 0 Å². The lowest BCUT2D eigenvalue weighted by Crippen LogP contribution is -2.29. The van der Waals surface area contributed by atoms with Crippen molar-refractivity contribution in [2.24, 2.45) is 0 Å². The fourth-order valence-corrected chi connectivity index (χ4v) is 1.58. The van der Waals surface area contributed by atoms with Crippen molar-refractivity contribution in [3.63, 3.8) is 0 Å². The van der Waals surface area contributed by atoms with Crippen LogP contribution in [-0.2, 0) is 0 Å². The molecule has 114 valence electrons. The summed E-state index contributed by atoms with van der Waals surface area (Å²) in [7, 11) is 1.49. The fraction of sp³-hybridized carbons (Fsp3) is 0.727. The molecule has 0 aliphatic rings. The van der Waals surface area contributed by atoms with Crippen molar-refractivity contribution >= 4 is 17.8 Å². The van der Waals surface area contributed by atoms with Gasteiger partial charge in [0.05, 0.1) is 6.42 Å². The second kappa shape index (κ2) is 6.58. The molecule has 0 spiro atoms. The van der Waals surface area contributed by atoms with Gasteiger partial charge in [-0.1, -0.05) is 0 Å². The third kappa shape index (κ3) is 4.71. The molecule has 1 heterocycles. The Labute approximate surface area is 115 Å². The molecule has 0 fully saturated rings. The zero-order chi connectivity index (χ0) is 15.3. The summed E-state index contributed by atoms with van der Waals surface area (Å²) in [5.74, 6) is 0.510. The average molecular weight is 292 g/mol. The minimum atomic E-state index is -4.21. The van der Waals surface area contributed by atoms with Crippen molar-refractivity contribution in [2.45, 2.75) is 26.4 Å². The van der Waals surface area contributed by atoms with Gasteiger partial charge in [0.2, 0.25) is 17.8 Å². The molecule has 0 aliphatic carbocycles. The van der Waals surface area contributed by atoms with E-state index in [1.807, 2.05) is 18.7 Å². The van der Waals surface area contributed by atoms with Crippen LogP contribution in [0.4, 0.5) is 31.0 Å². The van der Waals surface area contributed by atoms with Crippen LogP contribution >= 0.6 is 0 Å². The second-order valence-electron chi connectivity index (χ2n) is 4.25. The van der Waals surface area contributed by atoms with Crippen LogP contribution in [0.1, 0.15) is 20.3 Å². The van der Waals surface area contributed by atoms with Gasteiger partial charge in [-0.05, 0) is 13.8 Å². The van der Waals surface area contributed by atoms with Gasteiger partial charge in [0.15, 0.2) is 0 Å². The van der Waals surface area contributed by atoms with Gasteiger partial charge in [-0.3, -0.25) is 0 Å². The molecule has 0 unspecified atom stereocenters. The Bertz CT molecular complexity index is 433. The maximum absolute atomic E-state index is 12.2. The highest BCUT2D eigenvalue weighted by molar-refractivity contribution is 5.42. The quantitative estimate of drug-likeness (QED) is 0.860. The number of rotatable bonds is 6. The SMILES string of the molecule is CCN(CC)c1nc(N)nc(N(C)CCC(F)(F)F)n1. The normalized spacial score (nSPS) is 11.5. The lowest BCUT2D eigenvalue weighted by Gasteiger charge is -2.22. The van der Waals surface area contributed by atoms with Crippen molar-refractivity contribution in [3.05, 3.63) is 0 Å². The van der Waals surface area contributed by atoms with Gasteiger partial charge in [-0.25, -0.2) is 0 Å². The topological polar surface area (TPSA) is 71.2 Å². The first-order valence-electron chi connectivity index (χ1n) is 6.31. The van der Waals surface area contributed by atoms with Crippen molar-refractivity contribution < 1.29 is 13.2 Å². The van der Waals surface area contributed by atoms with E-state index < -0.39 is 12.6 Å². The third-order valence-corrected chi connectivity index (χ3v) is 2.75. The molecule has 9 heteroatoms. The van der Waals surface area contributed by atoms with E-state index in [1.54, 1.807) is 0 Å². The summed E-state index contributed by atoms with van der Waals surface area (Å²) in [4.78, 5) is 15.2. The lowest BCUT2D eigenvalue weighted by atomic mass is 10.4. The van der Waals surface area contributed by atoms with Gasteiger partial charge in [0, 0.05) is 26.7 Å². The third-order valence-electron chi connectivity index (χ3n) is 2.75. The number of alkyl halides is 3. The number of hydrogen-bond donors (Lipinski definition) is 1. The van der Waals surface area contributed by atoms with E-state index in [9.17, 15) is 13.2 Å². The molecule has 1 rings (SSSR count). The zero-order valence-corrected chi connectivity index (χ0v) is 11.8. The van der Waals surface area contributed by atoms with Gasteiger partial charge in [0.25, 0.3) is 0 Å². The maximum atomic E-state index is 12.2. The predicted octanol–water partition coefficient (Wildman–Crippen LogP) is 1.69. The number of nitrogens with two attached hydrogens (primary N) is 1. The Morgan fingerprint density at radius 2 is 1.60 bits per heavy atom. The molecule has 2 N–H and O–H groups in total. The first-order chi connectivity index (χ1) is 9.26. The summed E-state index contributed by atoms with van der Waals surface area (Å²) in [6.07, 6.45) is -5.15. The highest BCUT2D eigenvalue weighted by Crippen LogP contribution is 2.21. The number of aromatic nitrogens is 3. The molecule has 1 aromatic heterocycles. The number of nitrogens with zero attached hydrogens (tertiary/aromatic N) is 5. The van der Waals surface area contributed by atoms with Crippen molar-refractivity contribution in [1.82, 2.24) is 15.0 Å². The molecular formula is C11H19F3N6. The number of halogens is 3. The van der Waals surface area contributed by atoms with Crippen LogP contribution in [0.15, 0.2) is 0 Å². The molecule has 0 bridgehead atoms. The van der Waals surface area contributed by atoms with Crippen LogP contribution in [0.3, 0.4) is 0 Å². The monoisotopic (exact) mass is 292 g/mol. The van der Waals surface area contributed by atoms with Crippen LogP contribution in [0, 0.1) is 0 Å². The highest BCUT2D eigenvalue weighted by atomic mass is 19.4. The summed E-state index contributed by atoms with van der Waals surface area (Å²) < 4.78 is 36.6. The van der Waals surface area contributed by atoms with E-state index >= 15 is 0 Å². The Morgan fingerprint density at radius 3 is 2.10 bits per heavy atom. The van der Waals surface area contributed by atoms with E-state index in [4.69, 9.17) is 5.73 Å². The van der Waals surface area contributed by atoms with Gasteiger partial charge < -0.3 is 15.5 Å². The molecule has 0 amide bonds. The molecule has 20 heavy (non-hydrogen) atoms. The molecule has 0 saturated carbocycles. The Kier molecular flexibility index (Phi) is 5.34. The Hall–Kier alpha value is -1.80. The molecule has 0 atom stereocenters. The maximum Gasteiger partial charge on any atom is 0.390 e. The first-order valence-corrected chi connectivity index (χ1v) is 6.31. The minimum Gasteiger partial charge on any atom is -0.368 e. The predicted molar refractivity (Wildman–Crippen MR) is 71.7 cm³/mol. The van der Waals surface area contributed by atoms with E-state index in [-0.39, 0.29) is 18.4 Å². The standard InChI is InChI=1S/C11H19F3N6/c1-4-20(5-2)10-17-8(15)16-9(18-10)19(3)7-6-11(12,13)14/h4-7H2,1-3H3,(H2,15,16,17,18). The van der Waals surface area contributed by atoms with Gasteiger partial charge in [-0.2, -0.15) is 28.1 Å². The van der Waals surface area contributed by atoms with Crippen LogP contribution in [0.2, 0.25) is 0 Å². The molecule has 6 nitrogen and oxygen atoms in total. The molecule has 1 aromatic rings. The molecule has 0 aromatic carbocycles. The Balaban J connectivity index is 2.89. The number of nitrogen functional groups attached to an aromatic ring is 1. The minimum absolute atomic E-state index is 0.00393. The van der Waals surface area contributed by atoms with Crippen molar-refractivity contribution in [1.29, 1.82) is 0 Å². The fourth-order valence-electron chi connectivity index (χ4n) is 1.58. The lowest BCUT2D eigenvalue weighted by molar-refractivity contribution is -0.132. The average Bonchev–Trinajstić information content (AvgIpc) is 2.36. The smallest absolute Gasteiger partial charge is 0.368 e. The van der Waals surface area contributed by atoms with Crippen molar-refractivity contribution in [2.75, 3.05) is 42.2 Å². The van der Waals surface area contributed by atoms with E-state index in [0.29, 0.717) is 19.0 Å². The molecule has 0 radical (unpaired) electrons. The van der Waals surface area contributed by atoms with Crippen LogP contribution in [0.25, 0.3) is 0 Å². The number of hydrogen-bond acceptors (Lipinski definition) is 6. The Morgan fingerprint density at radius 1 is 1.05 bits per heavy atom. The highest BCUT2D eigenvalue weighted by Gasteiger charge is 2.27. The van der Waals surface area contributed by atoms with E-state index in [2.05, 4.69) is 15.0 Å². The summed E-state index contributed by atoms with van der Waals surface area (Å²) in [6, 6.07) is 0.